The van der Waals surface area contributed by atoms with Crippen LogP contribution in [0.2, 0.25) is 0 Å². The molecular formula is C14H16N2O3. The van der Waals surface area contributed by atoms with Crippen LogP contribution in [0.15, 0.2) is 24.4 Å². The number of ether oxygens (including phenoxy) is 2. The fraction of sp³-hybridized carbons (Fsp3) is 0.286. The molecule has 2 rings (SSSR count). The molecule has 0 radical (unpaired) electrons. The first kappa shape index (κ1) is 13.1. The molecule has 1 aromatic heterocycles. The minimum absolute atomic E-state index is 0.182. The molecule has 1 heterocycles. The maximum atomic E-state index is 11.4. The number of esters is 1. The Balaban J connectivity index is 2.45. The Hall–Kier alpha value is -2.30. The molecular weight excluding hydrogens is 244 g/mol. The Labute approximate surface area is 111 Å². The molecule has 2 aromatic rings. The molecule has 1 aromatic carbocycles. The van der Waals surface area contributed by atoms with Crippen LogP contribution >= 0.6 is 0 Å². The van der Waals surface area contributed by atoms with Crippen LogP contribution in [0.1, 0.15) is 23.1 Å². The van der Waals surface area contributed by atoms with Crippen LogP contribution in [-0.2, 0) is 11.2 Å². The quantitative estimate of drug-likeness (QED) is 0.857. The number of carbonyl (C=O) groups excluding carboxylic acids is 1. The number of hydrogen-bond acceptors (Lipinski definition) is 4. The largest absolute Gasteiger partial charge is 0.496 e. The van der Waals surface area contributed by atoms with Gasteiger partial charge in [-0.25, -0.2) is 9.78 Å². The van der Waals surface area contributed by atoms with Crippen molar-refractivity contribution in [3.63, 3.8) is 0 Å². The van der Waals surface area contributed by atoms with Crippen LogP contribution in [0.25, 0.3) is 11.3 Å². The summed E-state index contributed by atoms with van der Waals surface area (Å²) in [5.41, 5.74) is 2.79. The highest BCUT2D eigenvalue weighted by molar-refractivity contribution is 5.86. The summed E-state index contributed by atoms with van der Waals surface area (Å²) in [6.07, 6.45) is 2.53. The topological polar surface area (TPSA) is 64.2 Å². The standard InChI is InChI=1S/C14H16N2O3/c1-4-9-5-6-12(18-2)10(7-9)11-8-15-13(16-11)14(17)19-3/h5-8H,4H2,1-3H3,(H,15,16). The maximum Gasteiger partial charge on any atom is 0.374 e. The number of imidazole rings is 1. The van der Waals surface area contributed by atoms with E-state index in [1.54, 1.807) is 13.3 Å². The zero-order valence-electron chi connectivity index (χ0n) is 11.2. The summed E-state index contributed by atoms with van der Waals surface area (Å²) < 4.78 is 9.95. The van der Waals surface area contributed by atoms with Gasteiger partial charge in [0.15, 0.2) is 0 Å². The molecule has 0 amide bonds. The third-order valence-corrected chi connectivity index (χ3v) is 2.92. The van der Waals surface area contributed by atoms with Crippen molar-refractivity contribution in [3.05, 3.63) is 35.8 Å². The minimum atomic E-state index is -0.489. The van der Waals surface area contributed by atoms with Gasteiger partial charge >= 0.3 is 5.97 Å². The van der Waals surface area contributed by atoms with Crippen LogP contribution < -0.4 is 4.74 Å². The molecule has 0 saturated heterocycles. The first-order chi connectivity index (χ1) is 9.19. The van der Waals surface area contributed by atoms with Crippen molar-refractivity contribution in [2.75, 3.05) is 14.2 Å². The monoisotopic (exact) mass is 260 g/mol. The third kappa shape index (κ3) is 2.59. The number of nitrogens with one attached hydrogen (secondary N) is 1. The molecule has 0 aliphatic heterocycles. The van der Waals surface area contributed by atoms with Crippen LogP contribution in [0.4, 0.5) is 0 Å². The second-order valence-corrected chi connectivity index (χ2v) is 4.03. The number of rotatable bonds is 4. The first-order valence-electron chi connectivity index (χ1n) is 6.00. The molecule has 19 heavy (non-hydrogen) atoms. The van der Waals surface area contributed by atoms with Gasteiger partial charge in [-0.05, 0) is 24.1 Å². The summed E-state index contributed by atoms with van der Waals surface area (Å²) in [4.78, 5) is 18.3. The van der Waals surface area contributed by atoms with Gasteiger partial charge in [0.2, 0.25) is 5.82 Å². The lowest BCUT2D eigenvalue weighted by Crippen LogP contribution is -2.03. The first-order valence-corrected chi connectivity index (χ1v) is 6.00. The van der Waals surface area contributed by atoms with Crippen molar-refractivity contribution in [1.29, 1.82) is 0 Å². The van der Waals surface area contributed by atoms with Crippen molar-refractivity contribution in [1.82, 2.24) is 9.97 Å². The van der Waals surface area contributed by atoms with Gasteiger partial charge in [0.05, 0.1) is 26.1 Å². The lowest BCUT2D eigenvalue weighted by atomic mass is 10.1. The zero-order valence-corrected chi connectivity index (χ0v) is 11.2. The Kier molecular flexibility index (Phi) is 3.85. The number of benzene rings is 1. The summed E-state index contributed by atoms with van der Waals surface area (Å²) >= 11 is 0. The van der Waals surface area contributed by atoms with E-state index in [0.717, 1.165) is 23.4 Å². The van der Waals surface area contributed by atoms with E-state index in [1.165, 1.54) is 12.7 Å². The average molecular weight is 260 g/mol. The number of aryl methyl sites for hydroxylation is 1. The van der Waals surface area contributed by atoms with Gasteiger partial charge in [0, 0.05) is 5.56 Å². The van der Waals surface area contributed by atoms with Gasteiger partial charge in [-0.3, -0.25) is 0 Å². The third-order valence-electron chi connectivity index (χ3n) is 2.92. The van der Waals surface area contributed by atoms with Crippen LogP contribution in [0.3, 0.4) is 0 Å². The molecule has 0 aliphatic rings. The van der Waals surface area contributed by atoms with Crippen molar-refractivity contribution in [3.8, 4) is 17.0 Å². The van der Waals surface area contributed by atoms with Gasteiger partial charge in [0.25, 0.3) is 0 Å². The van der Waals surface area contributed by atoms with Gasteiger partial charge in [-0.15, -0.1) is 0 Å². The Morgan fingerprint density at radius 3 is 2.79 bits per heavy atom. The number of aromatic amines is 1. The van der Waals surface area contributed by atoms with E-state index in [4.69, 9.17) is 4.74 Å². The summed E-state index contributed by atoms with van der Waals surface area (Å²) in [5, 5.41) is 0. The molecule has 1 N–H and O–H groups in total. The van der Waals surface area contributed by atoms with E-state index in [1.807, 2.05) is 18.2 Å². The van der Waals surface area contributed by atoms with E-state index in [2.05, 4.69) is 21.6 Å². The van der Waals surface area contributed by atoms with E-state index in [9.17, 15) is 4.79 Å². The molecule has 5 heteroatoms. The fourth-order valence-corrected chi connectivity index (χ4v) is 1.84. The smallest absolute Gasteiger partial charge is 0.374 e. The molecule has 100 valence electrons. The number of aromatic nitrogens is 2. The van der Waals surface area contributed by atoms with Crippen molar-refractivity contribution >= 4 is 5.97 Å². The Morgan fingerprint density at radius 1 is 1.37 bits per heavy atom. The van der Waals surface area contributed by atoms with Gasteiger partial charge in [-0.2, -0.15) is 0 Å². The van der Waals surface area contributed by atoms with Crippen LogP contribution in [-0.4, -0.2) is 30.2 Å². The second-order valence-electron chi connectivity index (χ2n) is 4.03. The number of carbonyl (C=O) groups is 1. The van der Waals surface area contributed by atoms with Gasteiger partial charge in [-0.1, -0.05) is 13.0 Å². The van der Waals surface area contributed by atoms with E-state index < -0.39 is 5.97 Å². The highest BCUT2D eigenvalue weighted by Crippen LogP contribution is 2.29. The zero-order chi connectivity index (χ0) is 13.8. The molecule has 0 atom stereocenters. The Morgan fingerprint density at radius 2 is 2.16 bits per heavy atom. The number of hydrogen-bond donors (Lipinski definition) is 1. The molecule has 0 fully saturated rings. The predicted octanol–water partition coefficient (Wildman–Crippen LogP) is 2.43. The SMILES string of the molecule is CCc1ccc(OC)c(-c2cnc(C(=O)OC)[nH]2)c1. The summed E-state index contributed by atoms with van der Waals surface area (Å²) in [6, 6.07) is 5.94. The van der Waals surface area contributed by atoms with Crippen LogP contribution in [0.5, 0.6) is 5.75 Å². The lowest BCUT2D eigenvalue weighted by molar-refractivity contribution is 0.0588. The van der Waals surface area contributed by atoms with Crippen molar-refractivity contribution < 1.29 is 14.3 Å². The number of methoxy groups -OCH3 is 2. The molecule has 0 bridgehead atoms. The number of H-pyrrole nitrogens is 1. The highest BCUT2D eigenvalue weighted by atomic mass is 16.5. The number of nitrogens with zero attached hydrogens (tertiary/aromatic N) is 1. The molecule has 5 nitrogen and oxygen atoms in total. The summed E-state index contributed by atoms with van der Waals surface area (Å²) in [5.74, 6) is 0.426. The van der Waals surface area contributed by atoms with Gasteiger partial charge in [0.1, 0.15) is 5.75 Å². The fourth-order valence-electron chi connectivity index (χ4n) is 1.84. The second kappa shape index (κ2) is 5.56. The van der Waals surface area contributed by atoms with Crippen molar-refractivity contribution in [2.45, 2.75) is 13.3 Å². The Bertz CT molecular complexity index is 590. The van der Waals surface area contributed by atoms with Crippen molar-refractivity contribution in [2.24, 2.45) is 0 Å². The molecule has 0 spiro atoms. The molecule has 0 unspecified atom stereocenters. The van der Waals surface area contributed by atoms with Crippen LogP contribution in [0, 0.1) is 0 Å². The lowest BCUT2D eigenvalue weighted by Gasteiger charge is -2.08. The van der Waals surface area contributed by atoms with E-state index in [-0.39, 0.29) is 5.82 Å². The molecule has 0 saturated carbocycles. The van der Waals surface area contributed by atoms with Gasteiger partial charge < -0.3 is 14.5 Å². The highest BCUT2D eigenvalue weighted by Gasteiger charge is 2.14. The van der Waals surface area contributed by atoms with E-state index in [0.29, 0.717) is 0 Å². The van der Waals surface area contributed by atoms with E-state index >= 15 is 0 Å². The normalized spacial score (nSPS) is 10.3. The predicted molar refractivity (Wildman–Crippen MR) is 71.3 cm³/mol. The summed E-state index contributed by atoms with van der Waals surface area (Å²) in [7, 11) is 2.94. The maximum absolute atomic E-state index is 11.4. The average Bonchev–Trinajstić information content (AvgIpc) is 2.95. The summed E-state index contributed by atoms with van der Waals surface area (Å²) in [6.45, 7) is 2.08. The molecule has 0 aliphatic carbocycles. The minimum Gasteiger partial charge on any atom is -0.496 e.